The summed E-state index contributed by atoms with van der Waals surface area (Å²) in [6, 6.07) is 20.4. The maximum absolute atomic E-state index is 12.6. The number of piperidine rings is 1. The van der Waals surface area contributed by atoms with Gasteiger partial charge in [-0.15, -0.1) is 0 Å². The summed E-state index contributed by atoms with van der Waals surface area (Å²) in [6.45, 7) is 6.73. The third-order valence-electron chi connectivity index (χ3n) is 9.10. The molecule has 0 spiro atoms. The molecule has 2 aliphatic heterocycles. The van der Waals surface area contributed by atoms with Gasteiger partial charge in [-0.1, -0.05) is 24.3 Å². The van der Waals surface area contributed by atoms with Gasteiger partial charge in [0.15, 0.2) is 5.78 Å². The van der Waals surface area contributed by atoms with Crippen LogP contribution in [0.5, 0.6) is 17.4 Å². The van der Waals surface area contributed by atoms with Crippen LogP contribution in [0.3, 0.4) is 0 Å². The number of ketones is 1. The first kappa shape index (κ1) is 27.6. The fourth-order valence-electron chi connectivity index (χ4n) is 6.62. The number of hydrogen-bond acceptors (Lipinski definition) is 9. The topological polar surface area (TPSA) is 83.1 Å². The Morgan fingerprint density at radius 3 is 2.49 bits per heavy atom. The van der Waals surface area contributed by atoms with Crippen molar-refractivity contribution in [2.45, 2.75) is 31.7 Å². The van der Waals surface area contributed by atoms with Gasteiger partial charge in [0, 0.05) is 63.5 Å². The minimum Gasteiger partial charge on any atom is -0.494 e. The van der Waals surface area contributed by atoms with Crippen molar-refractivity contribution in [2.75, 3.05) is 63.6 Å². The second-order valence-corrected chi connectivity index (χ2v) is 11.8. The number of likely N-dealkylation sites (N-methyl/N-ethyl adjacent to an activating group) is 1. The first-order valence-electron chi connectivity index (χ1n) is 15.3. The number of rotatable bonds is 7. The van der Waals surface area contributed by atoms with E-state index >= 15 is 0 Å². The van der Waals surface area contributed by atoms with Crippen LogP contribution in [0.4, 0.5) is 17.3 Å². The van der Waals surface area contributed by atoms with Gasteiger partial charge in [0.05, 0.1) is 29.3 Å². The summed E-state index contributed by atoms with van der Waals surface area (Å²) in [5.74, 6) is 2.17. The van der Waals surface area contributed by atoms with Crippen LogP contribution < -0.4 is 19.7 Å². The maximum atomic E-state index is 12.6. The van der Waals surface area contributed by atoms with Crippen molar-refractivity contribution in [1.29, 1.82) is 0 Å². The summed E-state index contributed by atoms with van der Waals surface area (Å²) in [7, 11) is 3.90. The highest BCUT2D eigenvalue weighted by Gasteiger charge is 2.28. The monoisotopic (exact) mass is 578 g/mol. The first-order valence-corrected chi connectivity index (χ1v) is 15.3. The van der Waals surface area contributed by atoms with Gasteiger partial charge in [0.2, 0.25) is 11.8 Å². The number of Topliss-reactive ketones (excluding diaryl/α,β-unsaturated/α-hetero) is 1. The average Bonchev–Trinajstić information content (AvgIpc) is 3.43. The molecule has 7 rings (SSSR count). The minimum atomic E-state index is 0.107. The van der Waals surface area contributed by atoms with E-state index in [1.807, 2.05) is 48.5 Å². The number of carbonyl (C=O) groups is 1. The van der Waals surface area contributed by atoms with Crippen molar-refractivity contribution in [2.24, 2.45) is 0 Å². The Labute approximate surface area is 252 Å². The Kier molecular flexibility index (Phi) is 7.59. The Hall–Kier alpha value is -4.21. The number of aryl methyl sites for hydroxylation is 1. The second-order valence-electron chi connectivity index (χ2n) is 11.8. The van der Waals surface area contributed by atoms with Crippen LogP contribution in [-0.4, -0.2) is 85.0 Å². The highest BCUT2D eigenvalue weighted by molar-refractivity contribution is 6.03. The third kappa shape index (κ3) is 5.62. The van der Waals surface area contributed by atoms with Crippen molar-refractivity contribution >= 4 is 34.0 Å². The Morgan fingerprint density at radius 2 is 1.67 bits per heavy atom. The molecule has 0 bridgehead atoms. The molecule has 1 N–H and O–H groups in total. The highest BCUT2D eigenvalue weighted by Crippen LogP contribution is 2.37. The van der Waals surface area contributed by atoms with Crippen molar-refractivity contribution in [3.63, 3.8) is 0 Å². The highest BCUT2D eigenvalue weighted by atomic mass is 16.5. The summed E-state index contributed by atoms with van der Waals surface area (Å²) in [6.07, 6.45) is 3.61. The number of hydrogen-bond donors (Lipinski definition) is 1. The van der Waals surface area contributed by atoms with E-state index in [2.05, 4.69) is 39.2 Å². The fourth-order valence-corrected chi connectivity index (χ4v) is 6.62. The number of nitrogens with zero attached hydrogens (tertiary/aromatic N) is 5. The molecular weight excluding hydrogens is 540 g/mol. The fraction of sp³-hybridized carbons (Fsp3) is 0.382. The molecule has 0 radical (unpaired) electrons. The predicted octanol–water partition coefficient (Wildman–Crippen LogP) is 5.52. The van der Waals surface area contributed by atoms with Crippen LogP contribution in [0.15, 0.2) is 60.7 Å². The summed E-state index contributed by atoms with van der Waals surface area (Å²) in [5.41, 5.74) is 4.35. The van der Waals surface area contributed by atoms with Crippen LogP contribution in [0.25, 0.3) is 10.9 Å². The Morgan fingerprint density at radius 1 is 0.860 bits per heavy atom. The number of anilines is 3. The number of piperazine rings is 1. The smallest absolute Gasteiger partial charge is 0.232 e. The molecule has 0 unspecified atom stereocenters. The van der Waals surface area contributed by atoms with Crippen molar-refractivity contribution < 1.29 is 14.3 Å². The van der Waals surface area contributed by atoms with Crippen molar-refractivity contribution in [3.8, 4) is 17.4 Å². The molecule has 43 heavy (non-hydrogen) atoms. The van der Waals surface area contributed by atoms with Crippen LogP contribution in [0.2, 0.25) is 0 Å². The molecule has 3 heterocycles. The molecule has 1 aliphatic carbocycles. The lowest BCUT2D eigenvalue weighted by Crippen LogP contribution is -2.52. The zero-order chi connectivity index (χ0) is 29.3. The van der Waals surface area contributed by atoms with Crippen molar-refractivity contribution in [3.05, 3.63) is 71.8 Å². The molecule has 2 saturated heterocycles. The number of para-hydroxylation sites is 1. The van der Waals surface area contributed by atoms with E-state index in [0.29, 0.717) is 35.6 Å². The molecule has 0 saturated carbocycles. The number of carbonyl (C=O) groups excluding carboxylic acids is 1. The molecule has 4 aromatic rings. The van der Waals surface area contributed by atoms with Crippen LogP contribution in [0.1, 0.15) is 35.2 Å². The maximum Gasteiger partial charge on any atom is 0.232 e. The van der Waals surface area contributed by atoms with Gasteiger partial charge >= 0.3 is 0 Å². The van der Waals surface area contributed by atoms with Gasteiger partial charge in [0.1, 0.15) is 11.5 Å². The quantitative estimate of drug-likeness (QED) is 0.305. The molecule has 2 fully saturated rings. The SMILES string of the molecule is COc1cc(N2CCC(N3CCN(C)CC3)CC2)ccc1Nc1nc(Oc2cccc3c2C(=O)CC3)c2ccccc2n1. The Balaban J connectivity index is 1.10. The van der Waals surface area contributed by atoms with Crippen molar-refractivity contribution in [1.82, 2.24) is 19.8 Å². The molecule has 0 amide bonds. The summed E-state index contributed by atoms with van der Waals surface area (Å²) in [4.78, 5) is 29.7. The summed E-state index contributed by atoms with van der Waals surface area (Å²) >= 11 is 0. The number of aromatic nitrogens is 2. The number of nitrogens with one attached hydrogen (secondary N) is 1. The van der Waals surface area contributed by atoms with E-state index in [9.17, 15) is 4.79 Å². The van der Waals surface area contributed by atoms with Crippen LogP contribution >= 0.6 is 0 Å². The standard InChI is InChI=1S/C34H38N6O3/c1-38-18-20-40(21-19-38)24-14-16-39(17-15-24)25-11-12-28(31(22-25)42-2)36-34-35-27-8-4-3-7-26(27)33(37-34)43-30-9-5-6-23-10-13-29(41)32(23)30/h3-9,11-12,22,24H,10,13-21H2,1-2H3,(H,35,36,37). The van der Waals surface area contributed by atoms with E-state index in [1.165, 1.54) is 25.9 Å². The minimum absolute atomic E-state index is 0.107. The molecule has 3 aliphatic rings. The second kappa shape index (κ2) is 11.8. The normalized spacial score (nSPS) is 18.2. The number of ether oxygens (including phenoxy) is 2. The molecule has 1 aromatic heterocycles. The molecule has 222 valence electrons. The van der Waals surface area contributed by atoms with Gasteiger partial charge in [0.25, 0.3) is 0 Å². The predicted molar refractivity (Wildman–Crippen MR) is 169 cm³/mol. The first-order chi connectivity index (χ1) is 21.1. The van der Waals surface area contributed by atoms with Gasteiger partial charge in [-0.25, -0.2) is 4.98 Å². The van der Waals surface area contributed by atoms with E-state index in [4.69, 9.17) is 19.4 Å². The third-order valence-corrected chi connectivity index (χ3v) is 9.10. The zero-order valence-electron chi connectivity index (χ0n) is 24.9. The number of benzene rings is 3. The van der Waals surface area contributed by atoms with Gasteiger partial charge < -0.3 is 24.6 Å². The van der Waals surface area contributed by atoms with E-state index in [0.717, 1.165) is 66.2 Å². The zero-order valence-corrected chi connectivity index (χ0v) is 24.9. The number of fused-ring (bicyclic) bond motifs is 2. The van der Waals surface area contributed by atoms with Gasteiger partial charge in [-0.05, 0) is 62.2 Å². The van der Waals surface area contributed by atoms with E-state index < -0.39 is 0 Å². The summed E-state index contributed by atoms with van der Waals surface area (Å²) in [5, 5.41) is 4.14. The van der Waals surface area contributed by atoms with E-state index in [-0.39, 0.29) is 5.78 Å². The molecule has 0 atom stereocenters. The van der Waals surface area contributed by atoms with Crippen LogP contribution in [0, 0.1) is 0 Å². The van der Waals surface area contributed by atoms with Gasteiger partial charge in [-0.3, -0.25) is 9.69 Å². The lowest BCUT2D eigenvalue weighted by Gasteiger charge is -2.42. The molecular formula is C34H38N6O3. The number of methoxy groups -OCH3 is 1. The lowest BCUT2D eigenvalue weighted by molar-refractivity contribution is 0.0982. The lowest BCUT2D eigenvalue weighted by atomic mass is 10.0. The summed E-state index contributed by atoms with van der Waals surface area (Å²) < 4.78 is 12.2. The molecule has 9 nitrogen and oxygen atoms in total. The molecule has 3 aromatic carbocycles. The largest absolute Gasteiger partial charge is 0.494 e. The Bertz CT molecular complexity index is 1640. The van der Waals surface area contributed by atoms with Gasteiger partial charge in [-0.2, -0.15) is 4.98 Å². The van der Waals surface area contributed by atoms with Crippen LogP contribution in [-0.2, 0) is 6.42 Å². The van der Waals surface area contributed by atoms with E-state index in [1.54, 1.807) is 7.11 Å². The average molecular weight is 579 g/mol. The molecule has 9 heteroatoms.